The Morgan fingerprint density at radius 1 is 0.875 bits per heavy atom. The van der Waals surface area contributed by atoms with Gasteiger partial charge in [0.1, 0.15) is 0 Å². The topological polar surface area (TPSA) is 0 Å². The van der Waals surface area contributed by atoms with Crippen LogP contribution >= 0.6 is 0 Å². The first-order chi connectivity index (χ1) is 11.7. The number of rotatable bonds is 3. The molecular weight excluding hydrogens is 288 g/mol. The Kier molecular flexibility index (Phi) is 5.76. The van der Waals surface area contributed by atoms with Crippen molar-refractivity contribution >= 4 is 0 Å². The van der Waals surface area contributed by atoms with Crippen LogP contribution in [0.5, 0.6) is 0 Å². The van der Waals surface area contributed by atoms with E-state index in [-0.39, 0.29) is 0 Å². The van der Waals surface area contributed by atoms with Crippen molar-refractivity contribution in [3.05, 3.63) is 70.8 Å². The fourth-order valence-electron chi connectivity index (χ4n) is 3.64. The van der Waals surface area contributed by atoms with Crippen molar-refractivity contribution in [2.45, 2.75) is 58.3 Å². The van der Waals surface area contributed by atoms with Crippen LogP contribution in [-0.2, 0) is 6.42 Å². The minimum atomic E-state index is 0.571. The van der Waals surface area contributed by atoms with Crippen molar-refractivity contribution in [3.63, 3.8) is 0 Å². The molecule has 124 valence electrons. The van der Waals surface area contributed by atoms with Crippen LogP contribution in [0.3, 0.4) is 0 Å². The maximum atomic E-state index is 3.52. The summed E-state index contributed by atoms with van der Waals surface area (Å²) in [5.41, 5.74) is 5.44. The SMILES string of the molecule is CCCc1ccc(C#C[C@H]2CC[C@H](c3ccc(C)cc3)CC2)cc1. The zero-order chi connectivity index (χ0) is 16.8. The monoisotopic (exact) mass is 316 g/mol. The number of hydrogen-bond donors (Lipinski definition) is 0. The van der Waals surface area contributed by atoms with Crippen molar-refractivity contribution in [3.8, 4) is 11.8 Å². The lowest BCUT2D eigenvalue weighted by molar-refractivity contribution is 0.384. The Labute approximate surface area is 147 Å². The second-order valence-corrected chi connectivity index (χ2v) is 7.18. The van der Waals surface area contributed by atoms with E-state index in [4.69, 9.17) is 0 Å². The Morgan fingerprint density at radius 3 is 2.17 bits per heavy atom. The molecule has 1 saturated carbocycles. The van der Waals surface area contributed by atoms with Gasteiger partial charge in [-0.3, -0.25) is 0 Å². The zero-order valence-corrected chi connectivity index (χ0v) is 15.0. The molecule has 0 heterocycles. The van der Waals surface area contributed by atoms with Crippen LogP contribution in [0.25, 0.3) is 0 Å². The molecular formula is C24H28. The highest BCUT2D eigenvalue weighted by Crippen LogP contribution is 2.35. The van der Waals surface area contributed by atoms with E-state index in [1.165, 1.54) is 48.8 Å². The number of hydrogen-bond acceptors (Lipinski definition) is 0. The molecule has 0 saturated heterocycles. The van der Waals surface area contributed by atoms with E-state index in [0.29, 0.717) is 5.92 Å². The predicted octanol–water partition coefficient (Wildman–Crippen LogP) is 6.27. The van der Waals surface area contributed by atoms with Gasteiger partial charge in [0.25, 0.3) is 0 Å². The summed E-state index contributed by atoms with van der Waals surface area (Å²) in [5, 5.41) is 0. The molecule has 0 N–H and O–H groups in total. The van der Waals surface area contributed by atoms with Gasteiger partial charge in [0.2, 0.25) is 0 Å². The lowest BCUT2D eigenvalue weighted by Crippen LogP contribution is -2.12. The highest BCUT2D eigenvalue weighted by Gasteiger charge is 2.20. The molecule has 3 rings (SSSR count). The first-order valence-corrected chi connectivity index (χ1v) is 9.41. The van der Waals surface area contributed by atoms with Gasteiger partial charge in [-0.25, -0.2) is 0 Å². The normalized spacial score (nSPS) is 20.2. The Hall–Kier alpha value is -2.00. The van der Waals surface area contributed by atoms with Crippen molar-refractivity contribution in [2.75, 3.05) is 0 Å². The Morgan fingerprint density at radius 2 is 1.54 bits per heavy atom. The van der Waals surface area contributed by atoms with Gasteiger partial charge in [-0.05, 0) is 68.2 Å². The molecule has 0 heteroatoms. The van der Waals surface area contributed by atoms with Crippen molar-refractivity contribution < 1.29 is 0 Å². The molecule has 2 aromatic rings. The van der Waals surface area contributed by atoms with Gasteiger partial charge in [-0.2, -0.15) is 0 Å². The highest BCUT2D eigenvalue weighted by atomic mass is 14.2. The highest BCUT2D eigenvalue weighted by molar-refractivity contribution is 5.36. The minimum absolute atomic E-state index is 0.571. The van der Waals surface area contributed by atoms with E-state index in [9.17, 15) is 0 Å². The molecule has 1 aliphatic carbocycles. The zero-order valence-electron chi connectivity index (χ0n) is 15.0. The fourth-order valence-corrected chi connectivity index (χ4v) is 3.64. The lowest BCUT2D eigenvalue weighted by atomic mass is 9.79. The molecule has 0 nitrogen and oxygen atoms in total. The van der Waals surface area contributed by atoms with Gasteiger partial charge >= 0.3 is 0 Å². The second-order valence-electron chi connectivity index (χ2n) is 7.18. The average Bonchev–Trinajstić information content (AvgIpc) is 2.63. The molecule has 0 bridgehead atoms. The third-order valence-corrected chi connectivity index (χ3v) is 5.19. The van der Waals surface area contributed by atoms with Crippen LogP contribution in [0.4, 0.5) is 0 Å². The molecule has 2 aromatic carbocycles. The molecule has 0 atom stereocenters. The van der Waals surface area contributed by atoms with Gasteiger partial charge in [-0.1, -0.05) is 67.1 Å². The first kappa shape index (κ1) is 16.8. The molecule has 0 aromatic heterocycles. The van der Waals surface area contributed by atoms with Gasteiger partial charge in [0.05, 0.1) is 0 Å². The molecule has 0 spiro atoms. The van der Waals surface area contributed by atoms with E-state index in [0.717, 1.165) is 17.9 Å². The molecule has 0 aliphatic heterocycles. The minimum Gasteiger partial charge on any atom is -0.0945 e. The van der Waals surface area contributed by atoms with Crippen LogP contribution in [-0.4, -0.2) is 0 Å². The third kappa shape index (κ3) is 4.51. The molecule has 1 fully saturated rings. The lowest BCUT2D eigenvalue weighted by Gasteiger charge is -2.26. The largest absolute Gasteiger partial charge is 0.0945 e. The Balaban J connectivity index is 1.54. The summed E-state index contributed by atoms with van der Waals surface area (Å²) in [5.74, 6) is 8.22. The summed E-state index contributed by atoms with van der Waals surface area (Å²) in [6.45, 7) is 4.38. The molecule has 24 heavy (non-hydrogen) atoms. The summed E-state index contributed by atoms with van der Waals surface area (Å²) >= 11 is 0. The van der Waals surface area contributed by atoms with E-state index in [1.54, 1.807) is 0 Å². The Bertz CT molecular complexity index is 686. The first-order valence-electron chi connectivity index (χ1n) is 9.41. The summed E-state index contributed by atoms with van der Waals surface area (Å²) in [7, 11) is 0. The van der Waals surface area contributed by atoms with Crippen LogP contribution in [0, 0.1) is 24.7 Å². The van der Waals surface area contributed by atoms with Crippen LogP contribution < -0.4 is 0 Å². The average molecular weight is 316 g/mol. The quantitative estimate of drug-likeness (QED) is 0.585. The standard InChI is InChI=1S/C24H28/c1-3-4-20-7-9-21(10-8-20)11-12-22-13-17-24(18-14-22)23-15-5-19(2)6-16-23/h5-10,15-16,22,24H,3-4,13-14,17-18H2,1-2H3/t22-,24-. The maximum absolute atomic E-state index is 3.52. The van der Waals surface area contributed by atoms with Crippen molar-refractivity contribution in [2.24, 2.45) is 5.92 Å². The maximum Gasteiger partial charge on any atom is 0.0245 e. The predicted molar refractivity (Wildman–Crippen MR) is 103 cm³/mol. The summed E-state index contributed by atoms with van der Waals surface area (Å²) in [6, 6.07) is 17.9. The smallest absolute Gasteiger partial charge is 0.0245 e. The van der Waals surface area contributed by atoms with Gasteiger partial charge in [-0.15, -0.1) is 0 Å². The van der Waals surface area contributed by atoms with Crippen molar-refractivity contribution in [1.82, 2.24) is 0 Å². The summed E-state index contributed by atoms with van der Waals surface area (Å²) in [4.78, 5) is 0. The molecule has 0 amide bonds. The summed E-state index contributed by atoms with van der Waals surface area (Å²) < 4.78 is 0. The van der Waals surface area contributed by atoms with E-state index < -0.39 is 0 Å². The van der Waals surface area contributed by atoms with E-state index in [1.807, 2.05) is 0 Å². The number of aryl methyl sites for hydroxylation is 2. The number of benzene rings is 2. The van der Waals surface area contributed by atoms with E-state index >= 15 is 0 Å². The molecule has 0 unspecified atom stereocenters. The fraction of sp³-hybridized carbons (Fsp3) is 0.417. The summed E-state index contributed by atoms with van der Waals surface area (Å²) in [6.07, 6.45) is 7.39. The van der Waals surface area contributed by atoms with E-state index in [2.05, 4.69) is 74.2 Å². The second kappa shape index (κ2) is 8.20. The van der Waals surface area contributed by atoms with Gasteiger partial charge in [0.15, 0.2) is 0 Å². The van der Waals surface area contributed by atoms with Gasteiger partial charge in [0, 0.05) is 11.5 Å². The van der Waals surface area contributed by atoms with Gasteiger partial charge < -0.3 is 0 Å². The van der Waals surface area contributed by atoms with Crippen LogP contribution in [0.1, 0.15) is 67.2 Å². The van der Waals surface area contributed by atoms with Crippen molar-refractivity contribution in [1.29, 1.82) is 0 Å². The van der Waals surface area contributed by atoms with Crippen LogP contribution in [0.15, 0.2) is 48.5 Å². The molecule has 1 aliphatic rings. The van der Waals surface area contributed by atoms with Crippen LogP contribution in [0.2, 0.25) is 0 Å². The molecule has 0 radical (unpaired) electrons. The third-order valence-electron chi connectivity index (χ3n) is 5.19.